The number of nitrogens with zero attached hydrogens (tertiary/aromatic N) is 3. The molecule has 0 bridgehead atoms. The van der Waals surface area contributed by atoms with Crippen molar-refractivity contribution in [3.05, 3.63) is 41.5 Å². The lowest BCUT2D eigenvalue weighted by Gasteiger charge is -2.26. The normalized spacial score (nSPS) is 17.2. The number of hydrogen-bond acceptors (Lipinski definition) is 6. The van der Waals surface area contributed by atoms with Crippen LogP contribution < -0.4 is 4.90 Å². The van der Waals surface area contributed by atoms with E-state index in [0.29, 0.717) is 17.1 Å². The number of fused-ring (bicyclic) bond motifs is 1. The van der Waals surface area contributed by atoms with Gasteiger partial charge in [-0.05, 0) is 11.8 Å². The summed E-state index contributed by atoms with van der Waals surface area (Å²) in [4.78, 5) is 23.6. The lowest BCUT2D eigenvalue weighted by atomic mass is 10.0. The zero-order chi connectivity index (χ0) is 15.7. The Morgan fingerprint density at radius 3 is 2.59 bits per heavy atom. The number of ketones is 1. The van der Waals surface area contributed by atoms with Crippen molar-refractivity contribution in [3.63, 3.8) is 0 Å². The Bertz CT molecular complexity index is 704. The lowest BCUT2D eigenvalue weighted by molar-refractivity contribution is 0.0975. The van der Waals surface area contributed by atoms with E-state index in [1.807, 2.05) is 43.5 Å². The first kappa shape index (κ1) is 15.4. The largest absolute Gasteiger partial charge is 0.362 e. The monoisotopic (exact) mass is 331 g/mol. The summed E-state index contributed by atoms with van der Waals surface area (Å²) in [5.74, 6) is 0.845. The molecule has 22 heavy (non-hydrogen) atoms. The fourth-order valence-electron chi connectivity index (χ4n) is 2.45. The number of hydrogen-bond donors (Lipinski definition) is 0. The quantitative estimate of drug-likeness (QED) is 0.486. The van der Waals surface area contributed by atoms with E-state index in [-0.39, 0.29) is 11.0 Å². The molecule has 1 aromatic carbocycles. The van der Waals surface area contributed by atoms with E-state index in [1.165, 1.54) is 17.3 Å². The molecule has 1 unspecified atom stereocenters. The summed E-state index contributed by atoms with van der Waals surface area (Å²) in [6.07, 6.45) is 2.44. The lowest BCUT2D eigenvalue weighted by Crippen LogP contribution is -2.21. The van der Waals surface area contributed by atoms with Crippen LogP contribution >= 0.6 is 23.5 Å². The van der Waals surface area contributed by atoms with E-state index in [9.17, 15) is 4.79 Å². The van der Waals surface area contributed by atoms with Crippen molar-refractivity contribution >= 4 is 35.1 Å². The van der Waals surface area contributed by atoms with Crippen LogP contribution in [-0.4, -0.2) is 36.1 Å². The molecule has 6 heteroatoms. The summed E-state index contributed by atoms with van der Waals surface area (Å²) >= 11 is 3.16. The van der Waals surface area contributed by atoms with Crippen LogP contribution in [0.4, 0.5) is 5.82 Å². The van der Waals surface area contributed by atoms with Gasteiger partial charge in [0, 0.05) is 25.8 Å². The number of benzene rings is 1. The Balaban J connectivity index is 2.06. The molecule has 1 aliphatic rings. The molecular formula is C16H17N3OS2. The van der Waals surface area contributed by atoms with Gasteiger partial charge in [0.25, 0.3) is 0 Å². The molecule has 0 spiro atoms. The van der Waals surface area contributed by atoms with Crippen molar-refractivity contribution < 1.29 is 4.79 Å². The first-order valence-corrected chi connectivity index (χ1v) is 9.08. The van der Waals surface area contributed by atoms with Gasteiger partial charge in [-0.3, -0.25) is 4.79 Å². The second-order valence-corrected chi connectivity index (χ2v) is 7.22. The summed E-state index contributed by atoms with van der Waals surface area (Å²) in [5, 5.41) is 1.63. The van der Waals surface area contributed by atoms with E-state index in [2.05, 4.69) is 22.1 Å². The van der Waals surface area contributed by atoms with Gasteiger partial charge in [0.1, 0.15) is 10.8 Å². The number of carbonyl (C=O) groups excluding carboxylic acids is 1. The van der Waals surface area contributed by atoms with Gasteiger partial charge in [0.05, 0.1) is 5.56 Å². The minimum absolute atomic E-state index is 0.124. The Hall–Kier alpha value is -1.53. The maximum atomic E-state index is 12.7. The number of thioether (sulfide) groups is 2. The Morgan fingerprint density at radius 2 is 1.95 bits per heavy atom. The summed E-state index contributed by atoms with van der Waals surface area (Å²) < 4.78 is 0. The van der Waals surface area contributed by atoms with Crippen LogP contribution in [0.15, 0.2) is 40.5 Å². The number of anilines is 1. The fraction of sp³-hybridized carbons (Fsp3) is 0.312. The SMILES string of the molecule is CSc1nc2c(c(N(C)C)n1)C(=O)CC(c1ccccc1)S2. The molecule has 0 aliphatic carbocycles. The second-order valence-electron chi connectivity index (χ2n) is 5.25. The van der Waals surface area contributed by atoms with Crippen LogP contribution in [0, 0.1) is 0 Å². The molecule has 114 valence electrons. The van der Waals surface area contributed by atoms with Crippen LogP contribution in [-0.2, 0) is 0 Å². The number of rotatable bonds is 3. The van der Waals surface area contributed by atoms with Crippen molar-refractivity contribution in [2.75, 3.05) is 25.3 Å². The van der Waals surface area contributed by atoms with E-state index in [0.717, 1.165) is 10.8 Å². The Labute approximate surface area is 138 Å². The maximum absolute atomic E-state index is 12.7. The fourth-order valence-corrected chi connectivity index (χ4v) is 4.13. The molecule has 0 N–H and O–H groups in total. The third-order valence-electron chi connectivity index (χ3n) is 3.52. The third-order valence-corrected chi connectivity index (χ3v) is 5.31. The van der Waals surface area contributed by atoms with E-state index < -0.39 is 0 Å². The van der Waals surface area contributed by atoms with Gasteiger partial charge in [-0.15, -0.1) is 0 Å². The molecule has 0 saturated heterocycles. The molecule has 4 nitrogen and oxygen atoms in total. The van der Waals surface area contributed by atoms with Gasteiger partial charge in [0.15, 0.2) is 10.9 Å². The molecule has 0 radical (unpaired) electrons. The number of aromatic nitrogens is 2. The van der Waals surface area contributed by atoms with Crippen molar-refractivity contribution in [2.45, 2.75) is 21.9 Å². The summed E-state index contributed by atoms with van der Waals surface area (Å²) in [6.45, 7) is 0. The number of carbonyl (C=O) groups is 1. The molecule has 2 aromatic rings. The average molecular weight is 331 g/mol. The molecule has 1 aromatic heterocycles. The molecular weight excluding hydrogens is 314 g/mol. The molecule has 0 fully saturated rings. The number of Topliss-reactive ketones (excluding diaryl/α,β-unsaturated/α-hetero) is 1. The smallest absolute Gasteiger partial charge is 0.190 e. The minimum Gasteiger partial charge on any atom is -0.362 e. The predicted molar refractivity (Wildman–Crippen MR) is 92.1 cm³/mol. The molecule has 0 saturated carbocycles. The van der Waals surface area contributed by atoms with Gasteiger partial charge in [-0.2, -0.15) is 0 Å². The molecule has 1 aliphatic heterocycles. The summed E-state index contributed by atoms with van der Waals surface area (Å²) in [7, 11) is 3.82. The highest BCUT2D eigenvalue weighted by Crippen LogP contribution is 2.45. The molecule has 2 heterocycles. The predicted octanol–water partition coefficient (Wildman–Crippen LogP) is 3.68. The average Bonchev–Trinajstić information content (AvgIpc) is 2.54. The van der Waals surface area contributed by atoms with Crippen LogP contribution in [0.5, 0.6) is 0 Å². The maximum Gasteiger partial charge on any atom is 0.190 e. The van der Waals surface area contributed by atoms with Crippen LogP contribution in [0.25, 0.3) is 0 Å². The minimum atomic E-state index is 0.124. The topological polar surface area (TPSA) is 46.1 Å². The highest BCUT2D eigenvalue weighted by molar-refractivity contribution is 8.00. The van der Waals surface area contributed by atoms with Crippen molar-refractivity contribution in [2.24, 2.45) is 0 Å². The highest BCUT2D eigenvalue weighted by Gasteiger charge is 2.32. The zero-order valence-electron chi connectivity index (χ0n) is 12.7. The first-order valence-electron chi connectivity index (χ1n) is 6.98. The zero-order valence-corrected chi connectivity index (χ0v) is 14.4. The molecule has 0 amide bonds. The third kappa shape index (κ3) is 2.85. The molecule has 3 rings (SSSR count). The molecule has 1 atom stereocenters. The van der Waals surface area contributed by atoms with Gasteiger partial charge in [0.2, 0.25) is 0 Å². The Morgan fingerprint density at radius 1 is 1.23 bits per heavy atom. The van der Waals surface area contributed by atoms with Gasteiger partial charge in [-0.1, -0.05) is 53.9 Å². The Kier molecular flexibility index (Phi) is 4.40. The second kappa shape index (κ2) is 6.30. The first-order chi connectivity index (χ1) is 10.6. The van der Waals surface area contributed by atoms with Gasteiger partial charge in [-0.25, -0.2) is 9.97 Å². The summed E-state index contributed by atoms with van der Waals surface area (Å²) in [6, 6.07) is 10.1. The summed E-state index contributed by atoms with van der Waals surface area (Å²) in [5.41, 5.74) is 1.84. The van der Waals surface area contributed by atoms with Gasteiger partial charge < -0.3 is 4.90 Å². The van der Waals surface area contributed by atoms with Crippen molar-refractivity contribution in [3.8, 4) is 0 Å². The van der Waals surface area contributed by atoms with Crippen molar-refractivity contribution in [1.82, 2.24) is 9.97 Å². The van der Waals surface area contributed by atoms with Crippen LogP contribution in [0.2, 0.25) is 0 Å². The van der Waals surface area contributed by atoms with Crippen LogP contribution in [0.1, 0.15) is 27.6 Å². The van der Waals surface area contributed by atoms with E-state index in [1.54, 1.807) is 11.8 Å². The van der Waals surface area contributed by atoms with Crippen LogP contribution in [0.3, 0.4) is 0 Å². The van der Waals surface area contributed by atoms with E-state index >= 15 is 0 Å². The van der Waals surface area contributed by atoms with Gasteiger partial charge >= 0.3 is 0 Å². The highest BCUT2D eigenvalue weighted by atomic mass is 32.2. The standard InChI is InChI=1S/C16H17N3OS2/c1-19(2)14-13-11(20)9-12(10-7-5-4-6-8-10)22-15(13)18-16(17-14)21-3/h4-8,12H,9H2,1-3H3. The van der Waals surface area contributed by atoms with E-state index in [4.69, 9.17) is 0 Å². The van der Waals surface area contributed by atoms with Crippen molar-refractivity contribution in [1.29, 1.82) is 0 Å².